The molecule has 0 spiro atoms. The van der Waals surface area contributed by atoms with Crippen LogP contribution in [0, 0.1) is 5.41 Å². The van der Waals surface area contributed by atoms with Crippen molar-refractivity contribution in [2.75, 3.05) is 13.1 Å². The van der Waals surface area contributed by atoms with E-state index in [9.17, 15) is 14.7 Å². The number of hydrogen-bond acceptors (Lipinski definition) is 3. The Balaban J connectivity index is 1.66. The summed E-state index contributed by atoms with van der Waals surface area (Å²) in [7, 11) is 0. The molecule has 1 aliphatic heterocycles. The Hall–Kier alpha value is -2.63. The van der Waals surface area contributed by atoms with Crippen LogP contribution in [0.1, 0.15) is 18.9 Å². The van der Waals surface area contributed by atoms with E-state index in [4.69, 9.17) is 0 Å². The third-order valence-corrected chi connectivity index (χ3v) is 4.35. The molecule has 1 amide bonds. The maximum absolute atomic E-state index is 12.4. The molecule has 1 atom stereocenters. The van der Waals surface area contributed by atoms with E-state index < -0.39 is 11.4 Å². The molecule has 120 valence electrons. The van der Waals surface area contributed by atoms with E-state index >= 15 is 0 Å². The number of benzene rings is 1. The number of aromatic nitrogens is 2. The van der Waals surface area contributed by atoms with E-state index in [-0.39, 0.29) is 18.9 Å². The monoisotopic (exact) mass is 313 g/mol. The van der Waals surface area contributed by atoms with Crippen molar-refractivity contribution in [3.05, 3.63) is 48.3 Å². The van der Waals surface area contributed by atoms with Gasteiger partial charge in [-0.15, -0.1) is 0 Å². The Morgan fingerprint density at radius 2 is 2.04 bits per heavy atom. The molecule has 1 aliphatic rings. The van der Waals surface area contributed by atoms with Crippen molar-refractivity contribution >= 4 is 11.9 Å². The van der Waals surface area contributed by atoms with Gasteiger partial charge in [0.05, 0.1) is 23.7 Å². The highest BCUT2D eigenvalue weighted by Gasteiger charge is 2.41. The second-order valence-corrected chi connectivity index (χ2v) is 6.24. The molecule has 1 aromatic carbocycles. The van der Waals surface area contributed by atoms with Crippen LogP contribution in [0.3, 0.4) is 0 Å². The second kappa shape index (κ2) is 5.87. The Morgan fingerprint density at radius 1 is 1.30 bits per heavy atom. The normalized spacial score (nSPS) is 20.7. The Morgan fingerprint density at radius 3 is 2.70 bits per heavy atom. The van der Waals surface area contributed by atoms with Gasteiger partial charge >= 0.3 is 5.97 Å². The van der Waals surface area contributed by atoms with Crippen LogP contribution >= 0.6 is 0 Å². The summed E-state index contributed by atoms with van der Waals surface area (Å²) in [5.74, 6) is -0.896. The molecule has 0 aliphatic carbocycles. The first-order valence-corrected chi connectivity index (χ1v) is 7.58. The number of carboxylic acid groups (broad SMARTS) is 1. The average Bonchev–Trinajstić information content (AvgIpc) is 3.16. The molecule has 1 saturated heterocycles. The molecule has 2 aromatic rings. The number of rotatable bonds is 4. The molecule has 0 saturated carbocycles. The van der Waals surface area contributed by atoms with Gasteiger partial charge in [-0.2, -0.15) is 5.10 Å². The zero-order valence-electron chi connectivity index (χ0n) is 13.0. The summed E-state index contributed by atoms with van der Waals surface area (Å²) in [5, 5.41) is 13.5. The molecule has 2 heterocycles. The van der Waals surface area contributed by atoms with Crippen molar-refractivity contribution in [3.8, 4) is 5.69 Å². The van der Waals surface area contributed by atoms with Gasteiger partial charge in [-0.1, -0.05) is 18.2 Å². The van der Waals surface area contributed by atoms with Crippen molar-refractivity contribution in [1.82, 2.24) is 14.7 Å². The van der Waals surface area contributed by atoms with Crippen LogP contribution in [-0.4, -0.2) is 44.8 Å². The highest BCUT2D eigenvalue weighted by molar-refractivity contribution is 5.81. The van der Waals surface area contributed by atoms with Gasteiger partial charge in [0.2, 0.25) is 5.91 Å². The van der Waals surface area contributed by atoms with E-state index in [0.717, 1.165) is 11.3 Å². The fraction of sp³-hybridized carbons (Fsp3) is 0.353. The smallest absolute Gasteiger partial charge is 0.311 e. The van der Waals surface area contributed by atoms with Crippen LogP contribution in [0.25, 0.3) is 5.69 Å². The SMILES string of the molecule is C[C@@]1(C(=O)O)CCN(C(=O)Cc2cnn(-c3ccccc3)c2)C1. The van der Waals surface area contributed by atoms with E-state index in [2.05, 4.69) is 5.10 Å². The van der Waals surface area contributed by atoms with Gasteiger partial charge in [-0.05, 0) is 31.0 Å². The minimum atomic E-state index is -0.843. The lowest BCUT2D eigenvalue weighted by Crippen LogP contribution is -2.35. The van der Waals surface area contributed by atoms with Gasteiger partial charge in [0.1, 0.15) is 0 Å². The fourth-order valence-corrected chi connectivity index (χ4v) is 2.81. The van der Waals surface area contributed by atoms with Crippen molar-refractivity contribution in [3.63, 3.8) is 0 Å². The molecule has 3 rings (SSSR count). The molecule has 1 N–H and O–H groups in total. The van der Waals surface area contributed by atoms with Crippen LogP contribution in [0.15, 0.2) is 42.7 Å². The third-order valence-electron chi connectivity index (χ3n) is 4.35. The van der Waals surface area contributed by atoms with E-state index in [1.807, 2.05) is 36.5 Å². The van der Waals surface area contributed by atoms with Crippen molar-refractivity contribution in [1.29, 1.82) is 0 Å². The lowest BCUT2D eigenvalue weighted by molar-refractivity contribution is -0.147. The Labute approximate surface area is 134 Å². The summed E-state index contributed by atoms with van der Waals surface area (Å²) >= 11 is 0. The molecule has 23 heavy (non-hydrogen) atoms. The number of likely N-dealkylation sites (tertiary alicyclic amines) is 1. The quantitative estimate of drug-likeness (QED) is 0.933. The topological polar surface area (TPSA) is 75.4 Å². The molecule has 6 heteroatoms. The summed E-state index contributed by atoms with van der Waals surface area (Å²) < 4.78 is 1.73. The van der Waals surface area contributed by atoms with Gasteiger partial charge in [-0.25, -0.2) is 4.68 Å². The maximum Gasteiger partial charge on any atom is 0.311 e. The molecule has 1 fully saturated rings. The number of aliphatic carboxylic acids is 1. The van der Waals surface area contributed by atoms with Gasteiger partial charge in [0, 0.05) is 19.3 Å². The lowest BCUT2D eigenvalue weighted by Gasteiger charge is -2.19. The number of hydrogen-bond donors (Lipinski definition) is 1. The van der Waals surface area contributed by atoms with Crippen molar-refractivity contribution in [2.24, 2.45) is 5.41 Å². The first kappa shape index (κ1) is 15.3. The molecule has 0 unspecified atom stereocenters. The average molecular weight is 313 g/mol. The molecule has 0 radical (unpaired) electrons. The second-order valence-electron chi connectivity index (χ2n) is 6.24. The number of carbonyl (C=O) groups is 2. The van der Waals surface area contributed by atoms with E-state index in [1.54, 1.807) is 22.7 Å². The first-order valence-electron chi connectivity index (χ1n) is 7.58. The molecular formula is C17H19N3O3. The number of carboxylic acids is 1. The number of nitrogens with zero attached hydrogens (tertiary/aromatic N) is 3. The van der Waals surface area contributed by atoms with Crippen LogP contribution in [0.5, 0.6) is 0 Å². The van der Waals surface area contributed by atoms with E-state index in [1.165, 1.54) is 0 Å². The summed E-state index contributed by atoms with van der Waals surface area (Å²) in [6.45, 7) is 2.46. The zero-order valence-corrected chi connectivity index (χ0v) is 13.0. The summed E-state index contributed by atoms with van der Waals surface area (Å²) in [4.78, 5) is 25.3. The van der Waals surface area contributed by atoms with Gasteiger partial charge in [0.25, 0.3) is 0 Å². The zero-order chi connectivity index (χ0) is 16.4. The van der Waals surface area contributed by atoms with E-state index in [0.29, 0.717) is 13.0 Å². The predicted molar refractivity (Wildman–Crippen MR) is 84.2 cm³/mol. The molecule has 6 nitrogen and oxygen atoms in total. The molecule has 1 aromatic heterocycles. The van der Waals surface area contributed by atoms with Crippen LogP contribution in [0.2, 0.25) is 0 Å². The number of amides is 1. The highest BCUT2D eigenvalue weighted by atomic mass is 16.4. The lowest BCUT2D eigenvalue weighted by atomic mass is 9.90. The van der Waals surface area contributed by atoms with Gasteiger partial charge < -0.3 is 10.0 Å². The summed E-state index contributed by atoms with van der Waals surface area (Å²) in [6, 6.07) is 9.68. The van der Waals surface area contributed by atoms with Gasteiger partial charge in [0.15, 0.2) is 0 Å². The van der Waals surface area contributed by atoms with Gasteiger partial charge in [-0.3, -0.25) is 9.59 Å². The minimum absolute atomic E-state index is 0.0532. The number of carbonyl (C=O) groups excluding carboxylic acids is 1. The summed E-state index contributed by atoms with van der Waals surface area (Å²) in [6.07, 6.45) is 4.25. The van der Waals surface area contributed by atoms with Crippen LogP contribution < -0.4 is 0 Å². The Kier molecular flexibility index (Phi) is 3.90. The standard InChI is InChI=1S/C17H19N3O3/c1-17(16(22)23)7-8-19(12-17)15(21)9-13-10-18-20(11-13)14-5-3-2-4-6-14/h2-6,10-11H,7-9,12H2,1H3,(H,22,23)/t17-/m1/s1. The van der Waals surface area contributed by atoms with Crippen LogP contribution in [0.4, 0.5) is 0 Å². The van der Waals surface area contributed by atoms with Crippen molar-refractivity contribution < 1.29 is 14.7 Å². The molecular weight excluding hydrogens is 294 g/mol. The molecule has 0 bridgehead atoms. The van der Waals surface area contributed by atoms with Crippen LogP contribution in [-0.2, 0) is 16.0 Å². The summed E-state index contributed by atoms with van der Waals surface area (Å²) in [5.41, 5.74) is 0.928. The third kappa shape index (κ3) is 3.11. The first-order chi connectivity index (χ1) is 11.0. The predicted octanol–water partition coefficient (Wildman–Crippen LogP) is 1.74. The minimum Gasteiger partial charge on any atom is -0.481 e. The maximum atomic E-state index is 12.4. The number of para-hydroxylation sites is 1. The van der Waals surface area contributed by atoms with Crippen molar-refractivity contribution in [2.45, 2.75) is 19.8 Å². The largest absolute Gasteiger partial charge is 0.481 e. The Bertz CT molecular complexity index is 726. The highest BCUT2D eigenvalue weighted by Crippen LogP contribution is 2.30. The fourth-order valence-electron chi connectivity index (χ4n) is 2.81.